The van der Waals surface area contributed by atoms with Gasteiger partial charge in [0.1, 0.15) is 11.2 Å². The molecule has 0 spiro atoms. The summed E-state index contributed by atoms with van der Waals surface area (Å²) in [4.78, 5) is 13.4. The molecule has 0 unspecified atom stereocenters. The predicted octanol–water partition coefficient (Wildman–Crippen LogP) is 12.3. The number of aryl methyl sites for hydroxylation is 7. The van der Waals surface area contributed by atoms with Crippen molar-refractivity contribution >= 4 is 21.9 Å². The molecule has 0 saturated heterocycles. The molecule has 4 heterocycles. The van der Waals surface area contributed by atoms with E-state index in [1.165, 1.54) is 30.7 Å². The molecule has 0 atom stereocenters. The van der Waals surface area contributed by atoms with Crippen LogP contribution in [0.5, 0.6) is 0 Å². The maximum Gasteiger partial charge on any atom is 0.144 e. The monoisotopic (exact) mass is 762 g/mol. The average Bonchev–Trinajstić information content (AvgIpc) is 3.74. The second-order valence-corrected chi connectivity index (χ2v) is 13.6. The first-order valence-electron chi connectivity index (χ1n) is 24.6. The van der Waals surface area contributed by atoms with Gasteiger partial charge in [-0.15, -0.1) is 0 Å². The van der Waals surface area contributed by atoms with Gasteiger partial charge in [0.2, 0.25) is 0 Å². The molecular formula is C53H42N4O. The van der Waals surface area contributed by atoms with Crippen LogP contribution in [0.4, 0.5) is 0 Å². The molecular weight excluding hydrogens is 709 g/mol. The van der Waals surface area contributed by atoms with Gasteiger partial charge in [-0.05, 0) is 127 Å². The van der Waals surface area contributed by atoms with Crippen molar-refractivity contribution < 1.29 is 20.9 Å². The molecule has 0 amide bonds. The number of rotatable bonds is 12. The van der Waals surface area contributed by atoms with Crippen molar-refractivity contribution in [3.63, 3.8) is 0 Å². The van der Waals surface area contributed by atoms with Crippen LogP contribution in [-0.2, 0) is 38.2 Å². The van der Waals surface area contributed by atoms with Crippen LogP contribution < -0.4 is 0 Å². The zero-order valence-corrected chi connectivity index (χ0v) is 31.3. The highest BCUT2D eigenvalue weighted by Crippen LogP contribution is 2.36. The molecule has 0 saturated carbocycles. The van der Waals surface area contributed by atoms with E-state index in [4.69, 9.17) is 4.42 Å². The van der Waals surface area contributed by atoms with Crippen molar-refractivity contribution in [3.8, 4) is 39.8 Å². The van der Waals surface area contributed by atoms with Gasteiger partial charge in [-0.25, -0.2) is 0 Å². The second kappa shape index (κ2) is 16.5. The summed E-state index contributed by atoms with van der Waals surface area (Å²) in [7, 11) is 0. The van der Waals surface area contributed by atoms with E-state index in [0.717, 1.165) is 40.1 Å². The van der Waals surface area contributed by atoms with Gasteiger partial charge in [0.25, 0.3) is 0 Å². The predicted molar refractivity (Wildman–Crippen MR) is 234 cm³/mol. The van der Waals surface area contributed by atoms with Crippen molar-refractivity contribution in [2.45, 2.75) is 45.2 Å². The quantitative estimate of drug-likeness (QED) is 0.124. The molecule has 58 heavy (non-hydrogen) atoms. The number of pyridine rings is 3. The highest BCUT2D eigenvalue weighted by molar-refractivity contribution is 6.09. The molecule has 9 aromatic rings. The van der Waals surface area contributed by atoms with E-state index >= 15 is 0 Å². The number of nitrogens with zero attached hydrogens (tertiary/aromatic N) is 4. The number of furan rings is 1. The topological polar surface area (TPSA) is 75.6 Å². The van der Waals surface area contributed by atoms with Gasteiger partial charge < -0.3 is 4.42 Å². The Morgan fingerprint density at radius 3 is 1.64 bits per heavy atom. The number of hydrogen-bond donors (Lipinski definition) is 0. The number of benzene rings is 5. The van der Waals surface area contributed by atoms with E-state index in [-0.39, 0.29) is 22.3 Å². The van der Waals surface area contributed by atoms with Crippen molar-refractivity contribution in [3.05, 3.63) is 209 Å². The van der Waals surface area contributed by atoms with Gasteiger partial charge >= 0.3 is 0 Å². The number of para-hydroxylation sites is 1. The first-order valence-corrected chi connectivity index (χ1v) is 18.6. The van der Waals surface area contributed by atoms with Crippen molar-refractivity contribution in [2.75, 3.05) is 0 Å². The van der Waals surface area contributed by atoms with E-state index in [1.54, 1.807) is 49.4 Å². The van der Waals surface area contributed by atoms with Crippen molar-refractivity contribution in [1.29, 1.82) is 5.26 Å². The third-order valence-corrected chi connectivity index (χ3v) is 9.66. The van der Waals surface area contributed by atoms with Crippen molar-refractivity contribution in [1.82, 2.24) is 15.0 Å². The number of fused-ring (bicyclic) bond motifs is 3. The largest absolute Gasteiger partial charge is 0.455 e. The summed E-state index contributed by atoms with van der Waals surface area (Å²) in [5, 5.41) is 11.0. The summed E-state index contributed by atoms with van der Waals surface area (Å²) in [5.41, 5.74) is 2.84. The summed E-state index contributed by atoms with van der Waals surface area (Å²) < 4.78 is 119. The number of nitriles is 1. The number of hydrogen-bond acceptors (Lipinski definition) is 5. The maximum atomic E-state index is 9.55. The molecule has 0 radical (unpaired) electrons. The normalized spacial score (nSPS) is 15.8. The van der Waals surface area contributed by atoms with Crippen LogP contribution in [0, 0.1) is 18.3 Å². The van der Waals surface area contributed by atoms with Gasteiger partial charge in [-0.3, -0.25) is 15.0 Å². The second-order valence-electron chi connectivity index (χ2n) is 13.6. The first kappa shape index (κ1) is 25.2. The molecule has 4 aromatic heterocycles. The Morgan fingerprint density at radius 1 is 0.517 bits per heavy atom. The Kier molecular flexibility index (Phi) is 7.17. The van der Waals surface area contributed by atoms with Gasteiger partial charge in [0, 0.05) is 62.5 Å². The van der Waals surface area contributed by atoms with E-state index in [9.17, 15) is 21.7 Å². The van der Waals surface area contributed by atoms with Gasteiger partial charge in [-0.2, -0.15) is 5.26 Å². The van der Waals surface area contributed by atoms with Crippen molar-refractivity contribution in [2.24, 2.45) is 0 Å². The molecule has 0 aliphatic carbocycles. The fraction of sp³-hybridized carbons (Fsp3) is 0.132. The van der Waals surface area contributed by atoms with Gasteiger partial charge in [0.05, 0.1) is 28.7 Å². The summed E-state index contributed by atoms with van der Waals surface area (Å²) in [6.45, 7) is 1.59. The molecule has 0 aliphatic rings. The SMILES string of the molecule is [2H]C([2H])(c1ccc(-c2ccccc2)nc1)C([2H])([2H])c1cc(C([2H])([2H])C([2H])([2H])c2ccc(-c3ccccc3)nc2)cc(C([2H])([2H])C([2H])([2H])c2cnc(-c3cccc4c3oc3cc(C#N)ccc34)cc2C)c1. The molecule has 0 aliphatic heterocycles. The Balaban J connectivity index is 1.14. The fourth-order valence-electron chi connectivity index (χ4n) is 6.67. The minimum atomic E-state index is -3.12. The molecule has 5 nitrogen and oxygen atoms in total. The van der Waals surface area contributed by atoms with Crippen LogP contribution in [0.2, 0.25) is 0 Å². The summed E-state index contributed by atoms with van der Waals surface area (Å²) >= 11 is 0. The third kappa shape index (κ3) is 8.05. The Morgan fingerprint density at radius 2 is 1.09 bits per heavy atom. The van der Waals surface area contributed by atoms with E-state index < -0.39 is 54.9 Å². The van der Waals surface area contributed by atoms with E-state index in [2.05, 4.69) is 21.0 Å². The molecule has 0 N–H and O–H groups in total. The average molecular weight is 763 g/mol. The lowest BCUT2D eigenvalue weighted by molar-refractivity contribution is 0.669. The molecule has 5 heteroatoms. The highest BCUT2D eigenvalue weighted by atomic mass is 16.3. The zero-order valence-electron chi connectivity index (χ0n) is 43.3. The lowest BCUT2D eigenvalue weighted by atomic mass is 9.94. The number of aromatic nitrogens is 3. The summed E-state index contributed by atoms with van der Waals surface area (Å²) in [6.07, 6.45) is -14.5. The zero-order chi connectivity index (χ0) is 50.0. The van der Waals surface area contributed by atoms with E-state index in [1.807, 2.05) is 72.8 Å². The molecule has 0 fully saturated rings. The van der Waals surface area contributed by atoms with E-state index in [0.29, 0.717) is 39.4 Å². The Bertz CT molecular complexity index is 3340. The van der Waals surface area contributed by atoms with Crippen LogP contribution in [0.3, 0.4) is 0 Å². The highest BCUT2D eigenvalue weighted by Gasteiger charge is 2.15. The molecule has 5 aromatic carbocycles. The minimum absolute atomic E-state index is 0.183. The Labute approximate surface area is 356 Å². The summed E-state index contributed by atoms with van der Waals surface area (Å²) in [6, 6.07) is 41.3. The van der Waals surface area contributed by atoms with Crippen LogP contribution in [0.25, 0.3) is 55.7 Å². The minimum Gasteiger partial charge on any atom is -0.455 e. The Hall–Kier alpha value is -7.16. The lowest BCUT2D eigenvalue weighted by Crippen LogP contribution is -2.01. The molecule has 9 rings (SSSR count). The smallest absolute Gasteiger partial charge is 0.144 e. The van der Waals surface area contributed by atoms with Crippen LogP contribution in [0.1, 0.15) is 61.0 Å². The van der Waals surface area contributed by atoms with Crippen LogP contribution in [-0.4, -0.2) is 15.0 Å². The standard InChI is InChI=1S/C53H42N4O/c1-36-27-51(48-14-8-13-47-46-24-20-42(32-54)31-52(46)58-53(47)48)57-35-45(36)23-19-41-29-39(17-15-37-21-25-49(55-33-37)43-9-4-2-5-10-43)28-40(30-41)18-16-38-22-26-50(56-34-38)44-11-6-3-7-12-44/h2-14,20-22,24-31,33-35H,15-19,23H2,1H3/i15D2,16D2,17D2,18D2,19D2,23D2. The third-order valence-electron chi connectivity index (χ3n) is 9.66. The van der Waals surface area contributed by atoms with Gasteiger partial charge in [0.15, 0.2) is 0 Å². The van der Waals surface area contributed by atoms with Crippen LogP contribution >= 0.6 is 0 Å². The fourth-order valence-corrected chi connectivity index (χ4v) is 6.67. The molecule has 0 bridgehead atoms. The first-order chi connectivity index (χ1) is 33.1. The summed E-state index contributed by atoms with van der Waals surface area (Å²) in [5.74, 6) is 0. The lowest BCUT2D eigenvalue weighted by Gasteiger charge is -2.13. The van der Waals surface area contributed by atoms with Crippen LogP contribution in [0.15, 0.2) is 169 Å². The molecule has 280 valence electrons. The van der Waals surface area contributed by atoms with Gasteiger partial charge in [-0.1, -0.05) is 103 Å². The maximum absolute atomic E-state index is 9.55.